The molecule has 2 N–H and O–H groups in total. The molecule has 0 aromatic carbocycles. The van der Waals surface area contributed by atoms with Crippen molar-refractivity contribution >= 4 is 0 Å². The van der Waals surface area contributed by atoms with Crippen molar-refractivity contribution in [1.82, 2.24) is 0 Å². The summed E-state index contributed by atoms with van der Waals surface area (Å²) in [5.41, 5.74) is 0.857. The Labute approximate surface area is 186 Å². The predicted molar refractivity (Wildman–Crippen MR) is 123 cm³/mol. The van der Waals surface area contributed by atoms with Gasteiger partial charge in [0.2, 0.25) is 0 Å². The Morgan fingerprint density at radius 1 is 1.34 bits per heavy atom. The summed E-state index contributed by atoms with van der Waals surface area (Å²) < 4.78 is 41.2. The predicted octanol–water partition coefficient (Wildman–Crippen LogP) is 6.73. The van der Waals surface area contributed by atoms with Crippen LogP contribution in [-0.2, 0) is 0 Å². The van der Waals surface area contributed by atoms with E-state index in [0.29, 0.717) is 17.8 Å². The minimum Gasteiger partial charge on any atom is -0.393 e. The average molecular weight is 406 g/mol. The van der Waals surface area contributed by atoms with Gasteiger partial charge in [0.05, 0.1) is 13.1 Å². The lowest BCUT2D eigenvalue weighted by atomic mass is 9.60. The van der Waals surface area contributed by atoms with Crippen molar-refractivity contribution in [2.45, 2.75) is 110 Å². The van der Waals surface area contributed by atoms with Gasteiger partial charge in [0, 0.05) is 5.48 Å². The summed E-state index contributed by atoms with van der Waals surface area (Å²) in [7, 11) is 0. The third-order valence-electron chi connectivity index (χ3n) is 7.71. The molecular formula is C27H44O2. The first-order valence-corrected chi connectivity index (χ1v) is 11.5. The fourth-order valence-electron chi connectivity index (χ4n) is 6.17. The van der Waals surface area contributed by atoms with Crippen molar-refractivity contribution in [3.63, 3.8) is 0 Å². The van der Waals surface area contributed by atoms with Crippen molar-refractivity contribution in [2.24, 2.45) is 23.2 Å². The second-order valence-electron chi connectivity index (χ2n) is 10.5. The summed E-state index contributed by atoms with van der Waals surface area (Å²) in [5.74, 6) is 1.60. The van der Waals surface area contributed by atoms with Crippen molar-refractivity contribution in [1.29, 1.82) is 0 Å². The van der Waals surface area contributed by atoms with Gasteiger partial charge in [-0.3, -0.25) is 0 Å². The maximum absolute atomic E-state index is 10.4. The molecule has 3 fully saturated rings. The summed E-state index contributed by atoms with van der Waals surface area (Å²) in [6.07, 6.45) is 4.35. The number of rotatable bonds is 6. The van der Waals surface area contributed by atoms with Crippen LogP contribution in [0, 0.1) is 23.2 Å². The highest BCUT2D eigenvalue weighted by Crippen LogP contribution is 2.60. The van der Waals surface area contributed by atoms with Crippen LogP contribution in [0.1, 0.15) is 105 Å². The van der Waals surface area contributed by atoms with Crippen LogP contribution in [0.25, 0.3) is 0 Å². The number of hydrogen-bond donors (Lipinski definition) is 2. The molecule has 0 aromatic rings. The standard InChI is InChI=1S/C27H44O2/c1-19-10-13-23(28)18-22(19)12-11-21-9-7-17-27(5)24(14-15-25(21)27)20(2)8-6-16-26(3,4)29/h11-12,20,23-25,28-29H,1,6-10,13-18H2,2-5H3/b21-11+,22-12-/t20-,23+,24-,25+,27-/m1/s1/i10D2,18D2,23D. The molecular weight excluding hydrogens is 356 g/mol. The fourth-order valence-corrected chi connectivity index (χ4v) is 6.17. The molecule has 0 aromatic heterocycles. The Bertz CT molecular complexity index is 852. The van der Waals surface area contributed by atoms with Crippen LogP contribution >= 0.6 is 0 Å². The Kier molecular flexibility index (Phi) is 5.27. The summed E-state index contributed by atoms with van der Waals surface area (Å²) in [6.45, 7) is 12.3. The van der Waals surface area contributed by atoms with Gasteiger partial charge in [-0.15, -0.1) is 0 Å². The molecule has 164 valence electrons. The van der Waals surface area contributed by atoms with Gasteiger partial charge in [0.25, 0.3) is 0 Å². The normalized spacial score (nSPS) is 45.7. The van der Waals surface area contributed by atoms with E-state index in [4.69, 9.17) is 6.85 Å². The lowest BCUT2D eigenvalue weighted by Gasteiger charge is -2.44. The topological polar surface area (TPSA) is 40.5 Å². The van der Waals surface area contributed by atoms with Crippen LogP contribution in [0.5, 0.6) is 0 Å². The van der Waals surface area contributed by atoms with E-state index in [9.17, 15) is 10.2 Å². The molecule has 3 saturated carbocycles. The lowest BCUT2D eigenvalue weighted by Crippen LogP contribution is -2.36. The molecule has 29 heavy (non-hydrogen) atoms. The van der Waals surface area contributed by atoms with E-state index in [-0.39, 0.29) is 16.6 Å². The molecule has 0 bridgehead atoms. The number of hydrogen-bond acceptors (Lipinski definition) is 2. The summed E-state index contributed by atoms with van der Waals surface area (Å²) in [6, 6.07) is 0. The molecule has 0 saturated heterocycles. The Morgan fingerprint density at radius 2 is 2.10 bits per heavy atom. The largest absolute Gasteiger partial charge is 0.393 e. The smallest absolute Gasteiger partial charge is 0.0604 e. The van der Waals surface area contributed by atoms with E-state index < -0.39 is 30.8 Å². The van der Waals surface area contributed by atoms with Gasteiger partial charge in [0.1, 0.15) is 0 Å². The van der Waals surface area contributed by atoms with Crippen LogP contribution < -0.4 is 0 Å². The molecule has 5 atom stereocenters. The highest BCUT2D eigenvalue weighted by atomic mass is 16.3. The van der Waals surface area contributed by atoms with E-state index in [1.165, 1.54) is 18.4 Å². The molecule has 0 spiro atoms. The highest BCUT2D eigenvalue weighted by Gasteiger charge is 2.50. The van der Waals surface area contributed by atoms with E-state index in [1.807, 2.05) is 19.9 Å². The summed E-state index contributed by atoms with van der Waals surface area (Å²) in [4.78, 5) is 0. The molecule has 0 aliphatic heterocycles. The first-order chi connectivity index (χ1) is 15.4. The van der Waals surface area contributed by atoms with Crippen LogP contribution in [0.4, 0.5) is 0 Å². The van der Waals surface area contributed by atoms with Gasteiger partial charge < -0.3 is 10.2 Å². The van der Waals surface area contributed by atoms with Crippen molar-refractivity contribution < 1.29 is 17.1 Å². The summed E-state index contributed by atoms with van der Waals surface area (Å²) >= 11 is 0. The second kappa shape index (κ2) is 9.10. The Hall–Kier alpha value is -0.860. The first-order valence-electron chi connectivity index (χ1n) is 14.0. The highest BCUT2D eigenvalue weighted by molar-refractivity contribution is 5.36. The lowest BCUT2D eigenvalue weighted by molar-refractivity contribution is 0.0596. The zero-order valence-electron chi connectivity index (χ0n) is 23.9. The third-order valence-corrected chi connectivity index (χ3v) is 7.71. The third kappa shape index (κ3) is 5.44. The van der Waals surface area contributed by atoms with Crippen molar-refractivity contribution in [3.8, 4) is 0 Å². The van der Waals surface area contributed by atoms with E-state index in [0.717, 1.165) is 38.5 Å². The minimum atomic E-state index is -2.54. The SMILES string of the molecule is [2H]C1([2H])C[C@]([2H])(O)C([2H])([2H])/C(=C/C=C2\CCC[C@]3(C)[C@@H]([C@H](C)CCCC(C)(C)O)CC[C@@H]23)C1=C. The maximum Gasteiger partial charge on any atom is 0.0604 e. The fraction of sp³-hybridized carbons (Fsp3) is 0.778. The first kappa shape index (κ1) is 16.8. The minimum absolute atomic E-state index is 0.00411. The van der Waals surface area contributed by atoms with Crippen LogP contribution in [0.3, 0.4) is 0 Å². The molecule has 0 radical (unpaired) electrons. The Morgan fingerprint density at radius 3 is 2.83 bits per heavy atom. The molecule has 0 heterocycles. The van der Waals surface area contributed by atoms with Gasteiger partial charge in [-0.2, -0.15) is 0 Å². The number of fused-ring (bicyclic) bond motifs is 1. The molecule has 3 rings (SSSR count). The molecule has 3 aliphatic rings. The van der Waals surface area contributed by atoms with Gasteiger partial charge in [-0.1, -0.05) is 56.6 Å². The zero-order valence-corrected chi connectivity index (χ0v) is 18.9. The molecule has 3 aliphatic carbocycles. The summed E-state index contributed by atoms with van der Waals surface area (Å²) in [5, 5.41) is 20.5. The Balaban J connectivity index is 1.83. The quantitative estimate of drug-likeness (QED) is 0.514. The monoisotopic (exact) mass is 405 g/mol. The van der Waals surface area contributed by atoms with Crippen LogP contribution in [0.15, 0.2) is 35.5 Å². The van der Waals surface area contributed by atoms with E-state index in [2.05, 4.69) is 20.4 Å². The van der Waals surface area contributed by atoms with Gasteiger partial charge in [-0.05, 0) is 100 Å². The van der Waals surface area contributed by atoms with Crippen molar-refractivity contribution in [3.05, 3.63) is 35.5 Å². The molecule has 0 amide bonds. The van der Waals surface area contributed by atoms with Crippen LogP contribution in [0.2, 0.25) is 0 Å². The van der Waals surface area contributed by atoms with Gasteiger partial charge in [-0.25, -0.2) is 0 Å². The number of allylic oxidation sites excluding steroid dienone is 4. The molecule has 2 nitrogen and oxygen atoms in total. The van der Waals surface area contributed by atoms with Crippen molar-refractivity contribution in [2.75, 3.05) is 0 Å². The van der Waals surface area contributed by atoms with E-state index in [1.54, 1.807) is 6.08 Å². The maximum atomic E-state index is 10.4. The van der Waals surface area contributed by atoms with Gasteiger partial charge >= 0.3 is 0 Å². The zero-order chi connectivity index (χ0) is 25.7. The second-order valence-corrected chi connectivity index (χ2v) is 10.5. The van der Waals surface area contributed by atoms with E-state index >= 15 is 0 Å². The average Bonchev–Trinajstić information content (AvgIpc) is 3.02. The number of aliphatic hydroxyl groups is 2. The van der Waals surface area contributed by atoms with Crippen LogP contribution in [-0.4, -0.2) is 21.9 Å². The van der Waals surface area contributed by atoms with Gasteiger partial charge in [0.15, 0.2) is 0 Å². The molecule has 2 heteroatoms. The molecule has 0 unspecified atom stereocenters.